The molecular weight excluding hydrogens is 272 g/mol. The molecule has 0 rings (SSSR count). The SMILES string of the molecule is C.C.CCSCCS/C=C\SCCSCC. The summed E-state index contributed by atoms with van der Waals surface area (Å²) in [5.41, 5.74) is 0. The van der Waals surface area contributed by atoms with Crippen molar-refractivity contribution in [2.45, 2.75) is 28.7 Å². The average molecular weight is 301 g/mol. The third kappa shape index (κ3) is 20.5. The van der Waals surface area contributed by atoms with Crippen molar-refractivity contribution in [1.29, 1.82) is 0 Å². The van der Waals surface area contributed by atoms with Gasteiger partial charge in [0.25, 0.3) is 0 Å². The Labute approximate surface area is 121 Å². The Bertz CT molecular complexity index is 112. The van der Waals surface area contributed by atoms with Crippen molar-refractivity contribution in [2.75, 3.05) is 34.5 Å². The average Bonchev–Trinajstić information content (AvgIpc) is 2.21. The third-order valence-corrected chi connectivity index (χ3v) is 5.38. The van der Waals surface area contributed by atoms with Gasteiger partial charge in [0.05, 0.1) is 0 Å². The maximum Gasteiger partial charge on any atom is 0.00652 e. The summed E-state index contributed by atoms with van der Waals surface area (Å²) >= 11 is 7.89. The Balaban J connectivity index is -0.000000845. The number of rotatable bonds is 10. The molecule has 16 heavy (non-hydrogen) atoms. The minimum Gasteiger partial charge on any atom is -0.161 e. The molecule has 0 spiro atoms. The molecule has 0 bridgehead atoms. The van der Waals surface area contributed by atoms with E-state index in [1.165, 1.54) is 34.5 Å². The fourth-order valence-electron chi connectivity index (χ4n) is 0.717. The lowest BCUT2D eigenvalue weighted by atomic mass is 10.9. The van der Waals surface area contributed by atoms with Crippen molar-refractivity contribution in [1.82, 2.24) is 0 Å². The highest BCUT2D eigenvalue weighted by Crippen LogP contribution is 2.12. The quantitative estimate of drug-likeness (QED) is 0.474. The monoisotopic (exact) mass is 300 g/mol. The van der Waals surface area contributed by atoms with E-state index in [-0.39, 0.29) is 14.9 Å². The second-order valence-corrected chi connectivity index (χ2v) is 7.22. The minimum absolute atomic E-state index is 0. The van der Waals surface area contributed by atoms with E-state index >= 15 is 0 Å². The fourth-order valence-corrected chi connectivity index (χ4v) is 3.91. The lowest BCUT2D eigenvalue weighted by Gasteiger charge is -1.95. The molecule has 0 nitrogen and oxygen atoms in total. The Kier molecular flexibility index (Phi) is 29.9. The Hall–Kier alpha value is 1.14. The molecule has 0 aromatic heterocycles. The molecule has 0 heterocycles. The van der Waals surface area contributed by atoms with Crippen molar-refractivity contribution in [3.8, 4) is 0 Å². The van der Waals surface area contributed by atoms with Crippen LogP contribution in [0.3, 0.4) is 0 Å². The van der Waals surface area contributed by atoms with Crippen molar-refractivity contribution in [2.24, 2.45) is 0 Å². The van der Waals surface area contributed by atoms with Crippen molar-refractivity contribution >= 4 is 47.0 Å². The van der Waals surface area contributed by atoms with Crippen LogP contribution in [-0.4, -0.2) is 34.5 Å². The van der Waals surface area contributed by atoms with Gasteiger partial charge in [-0.15, -0.1) is 23.5 Å². The second-order valence-electron chi connectivity index (χ2n) is 2.41. The predicted molar refractivity (Wildman–Crippen MR) is 93.5 cm³/mol. The van der Waals surface area contributed by atoms with Crippen LogP contribution in [0, 0.1) is 0 Å². The molecular formula is C12H28S4. The normalized spacial score (nSPS) is 9.88. The molecule has 0 aliphatic rings. The van der Waals surface area contributed by atoms with Crippen LogP contribution in [0.15, 0.2) is 10.8 Å². The van der Waals surface area contributed by atoms with Crippen molar-refractivity contribution in [3.63, 3.8) is 0 Å². The summed E-state index contributed by atoms with van der Waals surface area (Å²) in [6.45, 7) is 4.43. The number of hydrogen-bond donors (Lipinski definition) is 0. The minimum atomic E-state index is 0. The summed E-state index contributed by atoms with van der Waals surface area (Å²) in [6.07, 6.45) is 0. The summed E-state index contributed by atoms with van der Waals surface area (Å²) in [5, 5.41) is 4.47. The van der Waals surface area contributed by atoms with Crippen LogP contribution < -0.4 is 0 Å². The first-order chi connectivity index (χ1) is 6.91. The first kappa shape index (κ1) is 22.3. The molecule has 0 amide bonds. The molecule has 0 aliphatic heterocycles. The van der Waals surface area contributed by atoms with E-state index < -0.39 is 0 Å². The summed E-state index contributed by atoms with van der Waals surface area (Å²) in [4.78, 5) is 0. The van der Waals surface area contributed by atoms with Crippen LogP contribution in [-0.2, 0) is 0 Å². The lowest BCUT2D eigenvalue weighted by molar-refractivity contribution is 1.48. The molecule has 0 atom stereocenters. The molecule has 0 aliphatic carbocycles. The summed E-state index contributed by atoms with van der Waals surface area (Å²) in [6, 6.07) is 0. The predicted octanol–water partition coefficient (Wildman–Crippen LogP) is 5.70. The number of hydrogen-bond acceptors (Lipinski definition) is 4. The van der Waals surface area contributed by atoms with Gasteiger partial charge in [0, 0.05) is 23.0 Å². The van der Waals surface area contributed by atoms with Gasteiger partial charge in [-0.2, -0.15) is 23.5 Å². The molecule has 4 heteroatoms. The molecule has 0 N–H and O–H groups in total. The molecule has 0 saturated carbocycles. The van der Waals surface area contributed by atoms with E-state index in [9.17, 15) is 0 Å². The van der Waals surface area contributed by atoms with E-state index in [2.05, 4.69) is 24.7 Å². The Morgan fingerprint density at radius 1 is 0.688 bits per heavy atom. The standard InChI is InChI=1S/C10H20S4.2CH4/c1-3-11-5-7-13-9-10-14-8-6-12-4-2;;/h9-10H,3-8H2,1-2H3;2*1H4/b10-9-;;. The molecule has 0 unspecified atom stereocenters. The van der Waals surface area contributed by atoms with Gasteiger partial charge in [-0.3, -0.25) is 0 Å². The van der Waals surface area contributed by atoms with Crippen LogP contribution in [0.5, 0.6) is 0 Å². The van der Waals surface area contributed by atoms with E-state index in [4.69, 9.17) is 0 Å². The second kappa shape index (κ2) is 21.4. The Morgan fingerprint density at radius 3 is 1.38 bits per heavy atom. The van der Waals surface area contributed by atoms with Gasteiger partial charge in [-0.05, 0) is 22.3 Å². The summed E-state index contributed by atoms with van der Waals surface area (Å²) in [7, 11) is 0. The highest BCUT2D eigenvalue weighted by atomic mass is 32.2. The van der Waals surface area contributed by atoms with Crippen molar-refractivity contribution in [3.05, 3.63) is 10.8 Å². The zero-order chi connectivity index (χ0) is 10.5. The van der Waals surface area contributed by atoms with Gasteiger partial charge in [0.15, 0.2) is 0 Å². The molecule has 100 valence electrons. The van der Waals surface area contributed by atoms with E-state index in [0.717, 1.165) is 0 Å². The van der Waals surface area contributed by atoms with Gasteiger partial charge in [-0.1, -0.05) is 28.7 Å². The molecule has 0 saturated heterocycles. The lowest BCUT2D eigenvalue weighted by Crippen LogP contribution is -1.82. The fraction of sp³-hybridized carbons (Fsp3) is 0.833. The summed E-state index contributed by atoms with van der Waals surface area (Å²) in [5.74, 6) is 7.54. The van der Waals surface area contributed by atoms with Gasteiger partial charge in [-0.25, -0.2) is 0 Å². The van der Waals surface area contributed by atoms with Gasteiger partial charge < -0.3 is 0 Å². The first-order valence-corrected chi connectivity index (χ1v) is 9.36. The largest absolute Gasteiger partial charge is 0.161 e. The van der Waals surface area contributed by atoms with E-state index in [1.807, 2.05) is 47.0 Å². The topological polar surface area (TPSA) is 0 Å². The van der Waals surface area contributed by atoms with Gasteiger partial charge >= 0.3 is 0 Å². The highest BCUT2D eigenvalue weighted by Gasteiger charge is 1.86. The van der Waals surface area contributed by atoms with Crippen molar-refractivity contribution < 1.29 is 0 Å². The Morgan fingerprint density at radius 2 is 1.06 bits per heavy atom. The number of thioether (sulfide) groups is 4. The van der Waals surface area contributed by atoms with Gasteiger partial charge in [0.2, 0.25) is 0 Å². The van der Waals surface area contributed by atoms with Crippen LogP contribution >= 0.6 is 47.0 Å². The zero-order valence-corrected chi connectivity index (χ0v) is 12.3. The summed E-state index contributed by atoms with van der Waals surface area (Å²) < 4.78 is 0. The maximum absolute atomic E-state index is 2.23. The first-order valence-electron chi connectivity index (χ1n) is 4.95. The highest BCUT2D eigenvalue weighted by molar-refractivity contribution is 8.07. The van der Waals surface area contributed by atoms with Gasteiger partial charge in [0.1, 0.15) is 0 Å². The van der Waals surface area contributed by atoms with Crippen LogP contribution in [0.1, 0.15) is 28.7 Å². The smallest absolute Gasteiger partial charge is 0.00652 e. The maximum atomic E-state index is 2.23. The zero-order valence-electron chi connectivity index (χ0n) is 9.03. The molecule has 0 fully saturated rings. The van der Waals surface area contributed by atoms with E-state index in [1.54, 1.807) is 0 Å². The van der Waals surface area contributed by atoms with E-state index in [0.29, 0.717) is 0 Å². The third-order valence-electron chi connectivity index (χ3n) is 1.35. The molecule has 0 radical (unpaired) electrons. The van der Waals surface area contributed by atoms with Crippen LogP contribution in [0.25, 0.3) is 0 Å². The van der Waals surface area contributed by atoms with Crippen LogP contribution in [0.4, 0.5) is 0 Å². The molecule has 0 aromatic carbocycles. The van der Waals surface area contributed by atoms with Crippen LogP contribution in [0.2, 0.25) is 0 Å². The molecule has 0 aromatic rings.